The fourth-order valence-corrected chi connectivity index (χ4v) is 3.08. The van der Waals surface area contributed by atoms with Crippen LogP contribution in [0.2, 0.25) is 0 Å². The van der Waals surface area contributed by atoms with Crippen LogP contribution in [0.25, 0.3) is 0 Å². The smallest absolute Gasteiger partial charge is 0.343 e. The van der Waals surface area contributed by atoms with Gasteiger partial charge in [0.25, 0.3) is 5.91 Å². The van der Waals surface area contributed by atoms with Crippen molar-refractivity contribution in [2.24, 2.45) is 16.5 Å². The number of amides is 1. The van der Waals surface area contributed by atoms with E-state index < -0.39 is 11.9 Å². The predicted molar refractivity (Wildman–Crippen MR) is 114 cm³/mol. The topological polar surface area (TPSA) is 137 Å². The van der Waals surface area contributed by atoms with E-state index in [9.17, 15) is 14.4 Å². The number of nitrogens with zero attached hydrogens (tertiary/aromatic N) is 2. The Balaban J connectivity index is 1.48. The molecule has 162 valence electrons. The summed E-state index contributed by atoms with van der Waals surface area (Å²) in [6.45, 7) is 1.20. The molecule has 4 N–H and O–H groups in total. The molecule has 2 aromatic rings. The minimum absolute atomic E-state index is 0.0216. The van der Waals surface area contributed by atoms with Crippen molar-refractivity contribution in [3.63, 3.8) is 0 Å². The molecule has 0 radical (unpaired) electrons. The van der Waals surface area contributed by atoms with Gasteiger partial charge in [0.15, 0.2) is 12.6 Å². The molecule has 1 aliphatic heterocycles. The van der Waals surface area contributed by atoms with Crippen LogP contribution in [0.4, 0.5) is 5.69 Å². The first kappa shape index (κ1) is 21.8. The van der Waals surface area contributed by atoms with E-state index in [4.69, 9.17) is 20.9 Å². The van der Waals surface area contributed by atoms with E-state index in [1.807, 2.05) is 0 Å². The first-order chi connectivity index (χ1) is 14.9. The van der Waals surface area contributed by atoms with Gasteiger partial charge in [-0.25, -0.2) is 9.79 Å². The molecule has 0 unspecified atom stereocenters. The van der Waals surface area contributed by atoms with E-state index in [1.54, 1.807) is 53.4 Å². The molecule has 1 amide bonds. The van der Waals surface area contributed by atoms with Gasteiger partial charge in [-0.05, 0) is 54.8 Å². The number of carbonyl (C=O) groups excluding carboxylic acids is 3. The number of benzene rings is 2. The predicted octanol–water partition coefficient (Wildman–Crippen LogP) is 1.52. The van der Waals surface area contributed by atoms with Crippen LogP contribution in [0.5, 0.6) is 5.75 Å². The summed E-state index contributed by atoms with van der Waals surface area (Å²) in [6, 6.07) is 12.8. The highest BCUT2D eigenvalue weighted by Gasteiger charge is 2.19. The first-order valence-corrected chi connectivity index (χ1v) is 9.85. The number of nitrogens with two attached hydrogens (primary N) is 2. The van der Waals surface area contributed by atoms with Gasteiger partial charge in [0, 0.05) is 13.1 Å². The summed E-state index contributed by atoms with van der Waals surface area (Å²) in [5.74, 6) is -0.932. The normalized spacial score (nSPS) is 12.8. The van der Waals surface area contributed by atoms with E-state index in [0.717, 1.165) is 25.9 Å². The Hall–Kier alpha value is -3.88. The Labute approximate surface area is 179 Å². The van der Waals surface area contributed by atoms with Gasteiger partial charge in [0.1, 0.15) is 5.75 Å². The summed E-state index contributed by atoms with van der Waals surface area (Å²) in [5, 5.41) is 0. The van der Waals surface area contributed by atoms with Gasteiger partial charge in [-0.3, -0.25) is 9.59 Å². The van der Waals surface area contributed by atoms with E-state index >= 15 is 0 Å². The zero-order chi connectivity index (χ0) is 22.2. The third-order valence-electron chi connectivity index (χ3n) is 4.66. The van der Waals surface area contributed by atoms with Crippen molar-refractivity contribution < 1.29 is 23.9 Å². The van der Waals surface area contributed by atoms with Crippen LogP contribution < -0.4 is 16.2 Å². The van der Waals surface area contributed by atoms with Crippen molar-refractivity contribution in [3.05, 3.63) is 59.7 Å². The van der Waals surface area contributed by atoms with Crippen LogP contribution >= 0.6 is 0 Å². The van der Waals surface area contributed by atoms with Gasteiger partial charge >= 0.3 is 11.9 Å². The number of hydrogen-bond donors (Lipinski definition) is 2. The molecule has 2 aromatic carbocycles. The van der Waals surface area contributed by atoms with E-state index in [-0.39, 0.29) is 24.9 Å². The monoisotopic (exact) mass is 424 g/mol. The number of aliphatic imine (C=N–C) groups is 1. The van der Waals surface area contributed by atoms with Crippen LogP contribution in [0.15, 0.2) is 53.5 Å². The molecule has 1 saturated heterocycles. The molecule has 0 saturated carbocycles. The lowest BCUT2D eigenvalue weighted by atomic mass is 10.1. The maximum absolute atomic E-state index is 12.3. The Bertz CT molecular complexity index is 960. The first-order valence-electron chi connectivity index (χ1n) is 9.85. The van der Waals surface area contributed by atoms with Gasteiger partial charge in [-0.15, -0.1) is 0 Å². The highest BCUT2D eigenvalue weighted by atomic mass is 16.5. The van der Waals surface area contributed by atoms with Crippen molar-refractivity contribution >= 4 is 29.5 Å². The summed E-state index contributed by atoms with van der Waals surface area (Å²) >= 11 is 0. The fraction of sp³-hybridized carbons (Fsp3) is 0.273. The minimum Gasteiger partial charge on any atom is -0.455 e. The van der Waals surface area contributed by atoms with Crippen LogP contribution in [0, 0.1) is 0 Å². The van der Waals surface area contributed by atoms with Crippen molar-refractivity contribution in [1.29, 1.82) is 0 Å². The van der Waals surface area contributed by atoms with Crippen LogP contribution in [0.1, 0.15) is 28.8 Å². The van der Waals surface area contributed by atoms with Gasteiger partial charge in [-0.1, -0.05) is 12.1 Å². The van der Waals surface area contributed by atoms with Crippen LogP contribution in [-0.2, 0) is 20.7 Å². The molecular formula is C22H24N4O5. The average molecular weight is 424 g/mol. The van der Waals surface area contributed by atoms with Crippen LogP contribution in [-0.4, -0.2) is 48.4 Å². The number of hydrogen-bond acceptors (Lipinski definition) is 6. The molecule has 9 nitrogen and oxygen atoms in total. The number of guanidine groups is 1. The number of esters is 2. The SMILES string of the molecule is NC(N)=Nc1ccc(C(=O)Oc2ccc(CC(=O)OCC(=O)N3CCCC3)cc2)cc1. The van der Waals surface area contributed by atoms with Crippen molar-refractivity contribution in [3.8, 4) is 5.75 Å². The maximum atomic E-state index is 12.3. The molecule has 0 aromatic heterocycles. The van der Waals surface area contributed by atoms with Gasteiger partial charge in [0.05, 0.1) is 17.7 Å². The van der Waals surface area contributed by atoms with Gasteiger partial charge < -0.3 is 25.8 Å². The molecule has 0 spiro atoms. The highest BCUT2D eigenvalue weighted by molar-refractivity contribution is 5.91. The summed E-state index contributed by atoms with van der Waals surface area (Å²) in [6.07, 6.45) is 1.99. The zero-order valence-corrected chi connectivity index (χ0v) is 17.0. The lowest BCUT2D eigenvalue weighted by Gasteiger charge is -2.14. The van der Waals surface area contributed by atoms with Crippen molar-refractivity contribution in [1.82, 2.24) is 4.90 Å². The number of ether oxygens (including phenoxy) is 2. The molecule has 0 atom stereocenters. The van der Waals surface area contributed by atoms with Crippen molar-refractivity contribution in [2.45, 2.75) is 19.3 Å². The summed E-state index contributed by atoms with van der Waals surface area (Å²) in [7, 11) is 0. The third kappa shape index (κ3) is 6.56. The van der Waals surface area contributed by atoms with E-state index in [2.05, 4.69) is 4.99 Å². The average Bonchev–Trinajstić information content (AvgIpc) is 3.28. The molecule has 1 fully saturated rings. The Morgan fingerprint density at radius 2 is 1.58 bits per heavy atom. The molecule has 1 aliphatic rings. The minimum atomic E-state index is -0.538. The second-order valence-electron chi connectivity index (χ2n) is 7.04. The largest absolute Gasteiger partial charge is 0.455 e. The Kier molecular flexibility index (Phi) is 7.21. The number of likely N-dealkylation sites (tertiary alicyclic amines) is 1. The van der Waals surface area contributed by atoms with Gasteiger partial charge in [-0.2, -0.15) is 0 Å². The molecule has 1 heterocycles. The van der Waals surface area contributed by atoms with E-state index in [0.29, 0.717) is 22.6 Å². The summed E-state index contributed by atoms with van der Waals surface area (Å²) in [5.41, 5.74) is 12.2. The second kappa shape index (κ2) is 10.2. The third-order valence-corrected chi connectivity index (χ3v) is 4.66. The molecular weight excluding hydrogens is 400 g/mol. The quantitative estimate of drug-likeness (QED) is 0.297. The van der Waals surface area contributed by atoms with Crippen molar-refractivity contribution in [2.75, 3.05) is 19.7 Å². The fourth-order valence-electron chi connectivity index (χ4n) is 3.08. The maximum Gasteiger partial charge on any atom is 0.343 e. The molecule has 31 heavy (non-hydrogen) atoms. The molecule has 3 rings (SSSR count). The molecule has 9 heteroatoms. The standard InChI is InChI=1S/C22H24N4O5/c23-22(24)25-17-7-5-16(6-8-17)21(29)31-18-9-3-15(4-10-18)13-20(28)30-14-19(27)26-11-1-2-12-26/h3-10H,1-2,11-14H2,(H4,23,24,25). The Morgan fingerprint density at radius 3 is 2.19 bits per heavy atom. The van der Waals surface area contributed by atoms with Gasteiger partial charge in [0.2, 0.25) is 0 Å². The molecule has 0 bridgehead atoms. The number of carbonyl (C=O) groups is 3. The molecule has 0 aliphatic carbocycles. The lowest BCUT2D eigenvalue weighted by Crippen LogP contribution is -2.32. The number of rotatable bonds is 7. The zero-order valence-electron chi connectivity index (χ0n) is 17.0. The van der Waals surface area contributed by atoms with E-state index in [1.165, 1.54) is 0 Å². The Morgan fingerprint density at radius 1 is 0.935 bits per heavy atom. The highest BCUT2D eigenvalue weighted by Crippen LogP contribution is 2.17. The van der Waals surface area contributed by atoms with Crippen LogP contribution in [0.3, 0.4) is 0 Å². The summed E-state index contributed by atoms with van der Waals surface area (Å²) < 4.78 is 10.4. The summed E-state index contributed by atoms with van der Waals surface area (Å²) in [4.78, 5) is 41.7. The second-order valence-corrected chi connectivity index (χ2v) is 7.04. The lowest BCUT2D eigenvalue weighted by molar-refractivity contribution is -0.151.